The molecule has 33 heavy (non-hydrogen) atoms. The van der Waals surface area contributed by atoms with Crippen LogP contribution in [-0.4, -0.2) is 55.2 Å². The molecule has 0 atom stereocenters. The topological polar surface area (TPSA) is 59.1 Å². The molecule has 2 aromatic carbocycles. The van der Waals surface area contributed by atoms with Crippen LogP contribution in [0.5, 0.6) is 0 Å². The van der Waals surface area contributed by atoms with Gasteiger partial charge in [-0.3, -0.25) is 0 Å². The third kappa shape index (κ3) is 8.04. The van der Waals surface area contributed by atoms with Gasteiger partial charge >= 0.3 is 200 Å². The number of benzene rings is 2. The first-order valence-electron chi connectivity index (χ1n) is 11.2. The van der Waals surface area contributed by atoms with Crippen LogP contribution in [0.3, 0.4) is 0 Å². The molecule has 180 valence electrons. The molecule has 0 fully saturated rings. The molecule has 0 bridgehead atoms. The van der Waals surface area contributed by atoms with E-state index >= 15 is 0 Å². The van der Waals surface area contributed by atoms with Crippen LogP contribution in [-0.2, 0) is 6.35 Å². The summed E-state index contributed by atoms with van der Waals surface area (Å²) in [6.07, 6.45) is 3.47. The summed E-state index contributed by atoms with van der Waals surface area (Å²) in [6.45, 7) is 4.11. The summed E-state index contributed by atoms with van der Waals surface area (Å²) in [6, 6.07) is 10.5. The van der Waals surface area contributed by atoms with Gasteiger partial charge in [-0.1, -0.05) is 0 Å². The molecule has 9 heteroatoms. The van der Waals surface area contributed by atoms with Crippen molar-refractivity contribution in [2.24, 2.45) is 0 Å². The van der Waals surface area contributed by atoms with Crippen LogP contribution in [0.1, 0.15) is 60.2 Å². The maximum atomic E-state index is 13.3. The summed E-state index contributed by atoms with van der Waals surface area (Å²) < 4.78 is 40.4. The van der Waals surface area contributed by atoms with Crippen LogP contribution in [0.2, 0.25) is 8.87 Å². The minimum absolute atomic E-state index is 0.292. The van der Waals surface area contributed by atoms with Gasteiger partial charge in [-0.15, -0.1) is 0 Å². The molecule has 6 nitrogen and oxygen atoms in total. The second-order valence-electron chi connectivity index (χ2n) is 7.92. The number of carbonyl (C=O) groups excluding carboxylic acids is 2. The van der Waals surface area contributed by atoms with Crippen molar-refractivity contribution in [3.05, 3.63) is 71.3 Å². The van der Waals surface area contributed by atoms with Crippen molar-refractivity contribution in [3.63, 3.8) is 0 Å². The van der Waals surface area contributed by atoms with E-state index in [1.807, 2.05) is 0 Å². The van der Waals surface area contributed by atoms with Crippen molar-refractivity contribution < 1.29 is 24.7 Å². The maximum absolute atomic E-state index is 13.3. The molecule has 0 aliphatic carbocycles. The molecular formula is C24H32F2N2O4Sn. The Labute approximate surface area is 199 Å². The van der Waals surface area contributed by atoms with E-state index in [-0.39, 0.29) is 0 Å². The molecule has 0 saturated heterocycles. The van der Waals surface area contributed by atoms with Gasteiger partial charge in [0.15, 0.2) is 0 Å². The van der Waals surface area contributed by atoms with E-state index < -0.39 is 42.7 Å². The number of nitrogens with zero attached hydrogens (tertiary/aromatic N) is 2. The Bertz CT molecular complexity index is 834. The van der Waals surface area contributed by atoms with Gasteiger partial charge in [-0.05, 0) is 0 Å². The van der Waals surface area contributed by atoms with Crippen LogP contribution >= 0.6 is 0 Å². The predicted molar refractivity (Wildman–Crippen MR) is 124 cm³/mol. The monoisotopic (exact) mass is 570 g/mol. The number of halogens is 2. The number of rotatable bonds is 12. The van der Waals surface area contributed by atoms with Crippen molar-refractivity contribution in [3.8, 4) is 0 Å². The third-order valence-corrected chi connectivity index (χ3v) is 15.0. The number of hydrogen-bond acceptors (Lipinski definition) is 4. The fourth-order valence-electron chi connectivity index (χ4n) is 3.35. The van der Waals surface area contributed by atoms with Gasteiger partial charge in [0.2, 0.25) is 0 Å². The van der Waals surface area contributed by atoms with Crippen molar-refractivity contribution >= 4 is 31.0 Å². The normalized spacial score (nSPS) is 11.3. The Morgan fingerprint density at radius 3 is 1.36 bits per heavy atom. The van der Waals surface area contributed by atoms with E-state index in [0.717, 1.165) is 35.8 Å². The second-order valence-corrected chi connectivity index (χ2v) is 17.0. The van der Waals surface area contributed by atoms with Gasteiger partial charge in [0.1, 0.15) is 0 Å². The van der Waals surface area contributed by atoms with Gasteiger partial charge in [0, 0.05) is 0 Å². The Kier molecular flexibility index (Phi) is 10.7. The average Bonchev–Trinajstić information content (AvgIpc) is 2.81. The molecule has 0 radical (unpaired) electrons. The van der Waals surface area contributed by atoms with Gasteiger partial charge in [-0.25, -0.2) is 0 Å². The molecular weight excluding hydrogens is 537 g/mol. The van der Waals surface area contributed by atoms with E-state index in [1.54, 1.807) is 0 Å². The summed E-state index contributed by atoms with van der Waals surface area (Å²) in [5, 5.41) is 2.32. The Balaban J connectivity index is 2.27. The molecule has 0 aliphatic rings. The van der Waals surface area contributed by atoms with Gasteiger partial charge < -0.3 is 0 Å². The zero-order valence-corrected chi connectivity index (χ0v) is 22.5. The van der Waals surface area contributed by atoms with Gasteiger partial charge in [0.25, 0.3) is 0 Å². The number of hydroxylamine groups is 4. The first-order valence-corrected chi connectivity index (χ1v) is 17.5. The van der Waals surface area contributed by atoms with Crippen LogP contribution < -0.4 is 0 Å². The molecule has 0 aromatic heterocycles. The van der Waals surface area contributed by atoms with Crippen molar-refractivity contribution in [1.82, 2.24) is 10.1 Å². The van der Waals surface area contributed by atoms with E-state index in [1.165, 1.54) is 62.6 Å². The first-order chi connectivity index (χ1) is 15.7. The number of unbranched alkanes of at least 4 members (excludes halogenated alkanes) is 2. The molecule has 2 aromatic rings. The molecule has 0 aliphatic heterocycles. The van der Waals surface area contributed by atoms with Gasteiger partial charge in [-0.2, -0.15) is 0 Å². The SMILES string of the molecule is CCC[CH2][Sn]([CH2]CCC)([O]N(C)C(=O)c1ccc(F)cc1)[O]N(C)C(=O)c1ccc(F)cc1. The minimum atomic E-state index is -4.06. The quantitative estimate of drug-likeness (QED) is 0.243. The van der Waals surface area contributed by atoms with Crippen LogP contribution in [0, 0.1) is 11.6 Å². The molecule has 0 saturated carbocycles. The zero-order chi connectivity index (χ0) is 24.4. The second kappa shape index (κ2) is 13.0. The van der Waals surface area contributed by atoms with E-state index in [0.29, 0.717) is 20.0 Å². The summed E-state index contributed by atoms with van der Waals surface area (Å²) in [5.41, 5.74) is 0.585. The standard InChI is InChI=1S/2C8H7FNO2.2C4H9.Sn/c2*1-10(12)8(11)6-2-4-7(9)5-3-6;2*1-3-4-2;/h2*2-5H,1H3;2*1,3-4H2,2H3;/q2*-1;;;+2. The third-order valence-electron chi connectivity index (χ3n) is 5.18. The summed E-state index contributed by atoms with van der Waals surface area (Å²) in [4.78, 5) is 25.8. The van der Waals surface area contributed by atoms with E-state index in [9.17, 15) is 18.4 Å². The molecule has 2 amide bonds. The fraction of sp³-hybridized carbons (Fsp3) is 0.417. The Morgan fingerprint density at radius 2 is 1.06 bits per heavy atom. The number of hydrogen-bond donors (Lipinski definition) is 0. The van der Waals surface area contributed by atoms with Crippen molar-refractivity contribution in [1.29, 1.82) is 0 Å². The van der Waals surface area contributed by atoms with Crippen LogP contribution in [0.4, 0.5) is 8.78 Å². The predicted octanol–water partition coefficient (Wildman–Crippen LogP) is 5.71. The van der Waals surface area contributed by atoms with Crippen LogP contribution in [0.15, 0.2) is 48.5 Å². The number of amides is 2. The molecule has 2 rings (SSSR count). The van der Waals surface area contributed by atoms with Crippen molar-refractivity contribution in [2.45, 2.75) is 48.4 Å². The summed E-state index contributed by atoms with van der Waals surface area (Å²) >= 11 is -4.06. The number of carbonyl (C=O) groups is 2. The molecule has 0 heterocycles. The Morgan fingerprint density at radius 1 is 0.727 bits per heavy atom. The van der Waals surface area contributed by atoms with Crippen LogP contribution in [0.25, 0.3) is 0 Å². The van der Waals surface area contributed by atoms with E-state index in [4.69, 9.17) is 6.35 Å². The molecule has 0 N–H and O–H groups in total. The van der Waals surface area contributed by atoms with Gasteiger partial charge in [0.05, 0.1) is 0 Å². The summed E-state index contributed by atoms with van der Waals surface area (Å²) in [5.74, 6) is -1.70. The average molecular weight is 569 g/mol. The van der Waals surface area contributed by atoms with Crippen molar-refractivity contribution in [2.75, 3.05) is 14.1 Å². The first kappa shape index (κ1) is 27.2. The zero-order valence-electron chi connectivity index (χ0n) is 19.6. The molecule has 0 unspecified atom stereocenters. The summed E-state index contributed by atoms with van der Waals surface area (Å²) in [7, 11) is 3.03. The fourth-order valence-corrected chi connectivity index (χ4v) is 13.6. The Hall–Kier alpha value is -2.04. The van der Waals surface area contributed by atoms with E-state index in [2.05, 4.69) is 13.8 Å². The molecule has 0 spiro atoms.